The Morgan fingerprint density at radius 1 is 1.14 bits per heavy atom. The second kappa shape index (κ2) is 8.22. The summed E-state index contributed by atoms with van der Waals surface area (Å²) in [5.41, 5.74) is 1.21. The van der Waals surface area contributed by atoms with E-state index in [0.717, 1.165) is 24.3 Å². The summed E-state index contributed by atoms with van der Waals surface area (Å²) < 4.78 is 42.7. The van der Waals surface area contributed by atoms with Crippen molar-refractivity contribution in [3.8, 4) is 17.2 Å². The molecule has 1 unspecified atom stereocenters. The number of hydrogen-bond acceptors (Lipinski definition) is 6. The minimum atomic E-state index is -3.45. The van der Waals surface area contributed by atoms with Crippen LogP contribution in [-0.4, -0.2) is 51.8 Å². The predicted molar refractivity (Wildman–Crippen MR) is 109 cm³/mol. The topological polar surface area (TPSA) is 77.1 Å². The van der Waals surface area contributed by atoms with E-state index in [1.54, 1.807) is 31.4 Å². The first-order valence-corrected chi connectivity index (χ1v) is 11.2. The highest BCUT2D eigenvalue weighted by atomic mass is 32.2. The van der Waals surface area contributed by atoms with E-state index in [1.165, 1.54) is 9.87 Å². The first-order chi connectivity index (χ1) is 14.0. The molecule has 4 rings (SSSR count). The lowest BCUT2D eigenvalue weighted by atomic mass is 10.0. The van der Waals surface area contributed by atoms with Crippen molar-refractivity contribution in [2.45, 2.75) is 36.7 Å². The van der Waals surface area contributed by atoms with Crippen molar-refractivity contribution in [3.63, 3.8) is 0 Å². The van der Waals surface area contributed by atoms with E-state index in [4.69, 9.17) is 14.2 Å². The van der Waals surface area contributed by atoms with Crippen LogP contribution in [0.2, 0.25) is 0 Å². The quantitative estimate of drug-likeness (QED) is 0.710. The van der Waals surface area contributed by atoms with E-state index in [0.29, 0.717) is 23.7 Å². The molecule has 1 atom stereocenters. The van der Waals surface area contributed by atoms with Crippen molar-refractivity contribution in [1.82, 2.24) is 9.62 Å². The average Bonchev–Trinajstić information content (AvgIpc) is 3.16. The summed E-state index contributed by atoms with van der Waals surface area (Å²) in [6.07, 6.45) is 1.88. The van der Waals surface area contributed by atoms with Crippen LogP contribution in [0.4, 0.5) is 0 Å². The molecule has 29 heavy (non-hydrogen) atoms. The number of ether oxygens (including phenoxy) is 3. The molecule has 2 heterocycles. The first-order valence-electron chi connectivity index (χ1n) is 9.74. The Bertz CT molecular complexity index is 956. The number of sulfonamides is 1. The molecule has 156 valence electrons. The van der Waals surface area contributed by atoms with Gasteiger partial charge in [0, 0.05) is 25.2 Å². The largest absolute Gasteiger partial charge is 0.497 e. The third kappa shape index (κ3) is 4.34. The fourth-order valence-electron chi connectivity index (χ4n) is 3.60. The van der Waals surface area contributed by atoms with Crippen LogP contribution < -0.4 is 19.5 Å². The zero-order chi connectivity index (χ0) is 20.4. The molecule has 2 aliphatic heterocycles. The van der Waals surface area contributed by atoms with Crippen molar-refractivity contribution in [3.05, 3.63) is 48.0 Å². The van der Waals surface area contributed by atoms with Gasteiger partial charge in [-0.25, -0.2) is 8.42 Å². The lowest BCUT2D eigenvalue weighted by Crippen LogP contribution is -2.61. The van der Waals surface area contributed by atoms with Gasteiger partial charge in [0.15, 0.2) is 11.5 Å². The summed E-state index contributed by atoms with van der Waals surface area (Å²) in [6.45, 7) is 3.40. The fraction of sp³-hybridized carbons (Fsp3) is 0.429. The lowest BCUT2D eigenvalue weighted by molar-refractivity contribution is 0.174. The van der Waals surface area contributed by atoms with Gasteiger partial charge in [0.05, 0.1) is 12.0 Å². The van der Waals surface area contributed by atoms with Crippen LogP contribution in [0, 0.1) is 0 Å². The van der Waals surface area contributed by atoms with E-state index in [-0.39, 0.29) is 18.9 Å². The molecule has 0 saturated carbocycles. The number of aryl methyl sites for hydroxylation is 1. The Morgan fingerprint density at radius 3 is 2.59 bits per heavy atom. The normalized spacial score (nSPS) is 17.7. The second-order valence-electron chi connectivity index (χ2n) is 7.49. The minimum absolute atomic E-state index is 0.176. The maximum Gasteiger partial charge on any atom is 0.243 e. The zero-order valence-electron chi connectivity index (χ0n) is 16.6. The van der Waals surface area contributed by atoms with Crippen LogP contribution in [0.3, 0.4) is 0 Å². The average molecular weight is 419 g/mol. The number of benzene rings is 2. The number of rotatable bonds is 8. The van der Waals surface area contributed by atoms with Crippen LogP contribution in [0.1, 0.15) is 18.9 Å². The maximum atomic E-state index is 12.7. The molecule has 0 spiro atoms. The van der Waals surface area contributed by atoms with Crippen molar-refractivity contribution < 1.29 is 22.6 Å². The van der Waals surface area contributed by atoms with E-state index >= 15 is 0 Å². The van der Waals surface area contributed by atoms with Gasteiger partial charge in [-0.3, -0.25) is 0 Å². The molecule has 1 fully saturated rings. The van der Waals surface area contributed by atoms with Gasteiger partial charge in [0.1, 0.15) is 5.75 Å². The Balaban J connectivity index is 1.24. The summed E-state index contributed by atoms with van der Waals surface area (Å²) in [4.78, 5) is 0.299. The molecule has 0 aliphatic carbocycles. The number of fused-ring (bicyclic) bond motifs is 1. The Labute approximate surface area is 171 Å². The molecule has 2 aliphatic rings. The molecule has 7 nitrogen and oxygen atoms in total. The molecule has 8 heteroatoms. The Morgan fingerprint density at radius 2 is 1.86 bits per heavy atom. The van der Waals surface area contributed by atoms with Crippen LogP contribution in [0.25, 0.3) is 0 Å². The molecular formula is C21H26N2O5S. The molecule has 0 amide bonds. The minimum Gasteiger partial charge on any atom is -0.497 e. The smallest absolute Gasteiger partial charge is 0.243 e. The third-order valence-corrected chi connectivity index (χ3v) is 7.21. The molecule has 2 aromatic carbocycles. The molecule has 1 N–H and O–H groups in total. The van der Waals surface area contributed by atoms with Gasteiger partial charge in [-0.15, -0.1) is 0 Å². The van der Waals surface area contributed by atoms with Gasteiger partial charge in [0.2, 0.25) is 16.8 Å². The van der Waals surface area contributed by atoms with E-state index in [9.17, 15) is 8.42 Å². The summed E-state index contributed by atoms with van der Waals surface area (Å²) in [7, 11) is -1.89. The lowest BCUT2D eigenvalue weighted by Gasteiger charge is -2.40. The summed E-state index contributed by atoms with van der Waals surface area (Å²) in [5.74, 6) is 2.25. The Hall–Kier alpha value is -2.29. The summed E-state index contributed by atoms with van der Waals surface area (Å²) >= 11 is 0. The van der Waals surface area contributed by atoms with Crippen molar-refractivity contribution in [2.75, 3.05) is 27.0 Å². The van der Waals surface area contributed by atoms with Gasteiger partial charge < -0.3 is 19.5 Å². The monoisotopic (exact) mass is 418 g/mol. The van der Waals surface area contributed by atoms with Gasteiger partial charge in [-0.05, 0) is 61.7 Å². The van der Waals surface area contributed by atoms with Crippen LogP contribution in [0.15, 0.2) is 47.4 Å². The number of nitrogens with one attached hydrogen (secondary N) is 1. The highest BCUT2D eigenvalue weighted by Crippen LogP contribution is 2.33. The summed E-state index contributed by atoms with van der Waals surface area (Å²) in [5, 5.41) is 3.53. The van der Waals surface area contributed by atoms with Gasteiger partial charge >= 0.3 is 0 Å². The van der Waals surface area contributed by atoms with Crippen molar-refractivity contribution in [2.24, 2.45) is 0 Å². The van der Waals surface area contributed by atoms with Gasteiger partial charge in [-0.2, -0.15) is 4.31 Å². The SMILES string of the molecule is COc1ccc(S(=O)(=O)N2CC(NC(C)CCc3ccc4c(c3)OCO4)C2)cc1. The molecule has 0 bridgehead atoms. The van der Waals surface area contributed by atoms with Gasteiger partial charge in [-0.1, -0.05) is 6.07 Å². The fourth-order valence-corrected chi connectivity index (χ4v) is 5.13. The highest BCUT2D eigenvalue weighted by molar-refractivity contribution is 7.89. The van der Waals surface area contributed by atoms with E-state index < -0.39 is 10.0 Å². The first kappa shape index (κ1) is 20.0. The zero-order valence-corrected chi connectivity index (χ0v) is 17.4. The van der Waals surface area contributed by atoms with E-state index in [2.05, 4.69) is 18.3 Å². The van der Waals surface area contributed by atoms with Gasteiger partial charge in [0.25, 0.3) is 0 Å². The van der Waals surface area contributed by atoms with Crippen molar-refractivity contribution >= 4 is 10.0 Å². The summed E-state index contributed by atoms with van der Waals surface area (Å²) in [6, 6.07) is 13.0. The molecular weight excluding hydrogens is 392 g/mol. The van der Waals surface area contributed by atoms with Crippen LogP contribution >= 0.6 is 0 Å². The Kier molecular flexibility index (Phi) is 5.67. The predicted octanol–water partition coefficient (Wildman–Crippen LogP) is 2.41. The van der Waals surface area contributed by atoms with Crippen LogP contribution in [0.5, 0.6) is 17.2 Å². The number of nitrogens with zero attached hydrogens (tertiary/aromatic N) is 1. The molecule has 0 aromatic heterocycles. The number of hydrogen-bond donors (Lipinski definition) is 1. The third-order valence-electron chi connectivity index (χ3n) is 5.37. The number of methoxy groups -OCH3 is 1. The maximum absolute atomic E-state index is 12.7. The highest BCUT2D eigenvalue weighted by Gasteiger charge is 2.37. The standard InChI is InChI=1S/C21H26N2O5S/c1-15(3-4-16-5-10-20-21(11-16)28-14-27-20)22-17-12-23(13-17)29(24,25)19-8-6-18(26-2)7-9-19/h5-11,15,17,22H,3-4,12-14H2,1-2H3. The van der Waals surface area contributed by atoms with Crippen LogP contribution in [-0.2, 0) is 16.4 Å². The van der Waals surface area contributed by atoms with Crippen molar-refractivity contribution in [1.29, 1.82) is 0 Å². The molecule has 1 saturated heterocycles. The van der Waals surface area contributed by atoms with E-state index in [1.807, 2.05) is 12.1 Å². The second-order valence-corrected chi connectivity index (χ2v) is 9.43. The molecule has 2 aromatic rings. The molecule has 0 radical (unpaired) electrons.